The van der Waals surface area contributed by atoms with Crippen LogP contribution in [0.1, 0.15) is 39.2 Å². The van der Waals surface area contributed by atoms with E-state index in [1.807, 2.05) is 26.8 Å². The lowest BCUT2D eigenvalue weighted by Gasteiger charge is -2.25. The Kier molecular flexibility index (Phi) is 5.64. The maximum atomic E-state index is 11.7. The summed E-state index contributed by atoms with van der Waals surface area (Å²) in [5.74, 6) is 0. The number of likely N-dealkylation sites (tertiary alicyclic amines) is 1. The molecule has 6 heteroatoms. The summed E-state index contributed by atoms with van der Waals surface area (Å²) in [7, 11) is 0. The largest absolute Gasteiger partial charge is 0.444 e. The Labute approximate surface area is 137 Å². The summed E-state index contributed by atoms with van der Waals surface area (Å²) < 4.78 is 5.27. The molecule has 0 saturated carbocycles. The minimum Gasteiger partial charge on any atom is -0.444 e. The molecule has 122 valence electrons. The molecule has 1 unspecified atom stereocenters. The van der Waals surface area contributed by atoms with Crippen molar-refractivity contribution in [2.45, 2.75) is 51.8 Å². The Hall–Kier alpha value is -1.33. The van der Waals surface area contributed by atoms with Crippen LogP contribution in [0.2, 0.25) is 5.15 Å². The second-order valence-electron chi connectivity index (χ2n) is 6.64. The second-order valence-corrected chi connectivity index (χ2v) is 7.03. The van der Waals surface area contributed by atoms with Gasteiger partial charge in [0.25, 0.3) is 0 Å². The molecular weight excluding hydrogens is 302 g/mol. The van der Waals surface area contributed by atoms with E-state index in [0.717, 1.165) is 31.5 Å². The molecule has 1 saturated heterocycles. The Bertz CT molecular complexity index is 499. The predicted octanol–water partition coefficient (Wildman–Crippen LogP) is 3.22. The summed E-state index contributed by atoms with van der Waals surface area (Å²) in [5, 5.41) is 3.37. The quantitative estimate of drug-likeness (QED) is 0.864. The third-order valence-corrected chi connectivity index (χ3v) is 3.78. The third-order valence-electron chi connectivity index (χ3n) is 3.55. The summed E-state index contributed by atoms with van der Waals surface area (Å²) in [6.45, 7) is 8.05. The molecule has 1 aliphatic rings. The first-order valence-corrected chi connectivity index (χ1v) is 8.02. The van der Waals surface area contributed by atoms with Crippen LogP contribution < -0.4 is 5.32 Å². The number of carbonyl (C=O) groups is 1. The van der Waals surface area contributed by atoms with Crippen LogP contribution in [0.4, 0.5) is 4.79 Å². The van der Waals surface area contributed by atoms with Gasteiger partial charge >= 0.3 is 6.09 Å². The molecule has 5 nitrogen and oxygen atoms in total. The smallest absolute Gasteiger partial charge is 0.407 e. The summed E-state index contributed by atoms with van der Waals surface area (Å²) in [4.78, 5) is 18.2. The van der Waals surface area contributed by atoms with Gasteiger partial charge in [-0.3, -0.25) is 4.90 Å². The van der Waals surface area contributed by atoms with E-state index in [-0.39, 0.29) is 6.09 Å². The number of alkyl carbamates (subject to hydrolysis) is 1. The molecule has 1 amide bonds. The van der Waals surface area contributed by atoms with Crippen LogP contribution >= 0.6 is 11.6 Å². The van der Waals surface area contributed by atoms with Crippen LogP contribution in [0.3, 0.4) is 0 Å². The zero-order valence-corrected chi connectivity index (χ0v) is 14.2. The van der Waals surface area contributed by atoms with Crippen molar-refractivity contribution in [3.63, 3.8) is 0 Å². The fraction of sp³-hybridized carbons (Fsp3) is 0.625. The van der Waals surface area contributed by atoms with Gasteiger partial charge in [0.05, 0.1) is 0 Å². The zero-order valence-electron chi connectivity index (χ0n) is 13.4. The average molecular weight is 326 g/mol. The van der Waals surface area contributed by atoms with Crippen LogP contribution in [0.15, 0.2) is 18.3 Å². The molecule has 22 heavy (non-hydrogen) atoms. The summed E-state index contributed by atoms with van der Waals surface area (Å²) in [6, 6.07) is 4.13. The van der Waals surface area contributed by atoms with E-state index >= 15 is 0 Å². The highest BCUT2D eigenvalue weighted by molar-refractivity contribution is 6.29. The molecule has 0 radical (unpaired) electrons. The lowest BCUT2D eigenvalue weighted by molar-refractivity contribution is 0.0512. The maximum absolute atomic E-state index is 11.7. The molecule has 1 N–H and O–H groups in total. The van der Waals surface area contributed by atoms with Crippen LogP contribution in [0.5, 0.6) is 0 Å². The summed E-state index contributed by atoms with van der Waals surface area (Å²) >= 11 is 5.81. The molecule has 0 aliphatic carbocycles. The van der Waals surface area contributed by atoms with E-state index in [9.17, 15) is 4.79 Å². The fourth-order valence-electron chi connectivity index (χ4n) is 2.58. The van der Waals surface area contributed by atoms with Gasteiger partial charge in [-0.15, -0.1) is 0 Å². The topological polar surface area (TPSA) is 54.5 Å². The Morgan fingerprint density at radius 1 is 1.50 bits per heavy atom. The number of nitrogens with zero attached hydrogens (tertiary/aromatic N) is 2. The van der Waals surface area contributed by atoms with Crippen molar-refractivity contribution in [1.82, 2.24) is 15.2 Å². The number of rotatable bonds is 4. The highest BCUT2D eigenvalue weighted by Crippen LogP contribution is 2.20. The van der Waals surface area contributed by atoms with E-state index in [1.54, 1.807) is 12.3 Å². The number of hydrogen-bond acceptors (Lipinski definition) is 4. The molecule has 0 spiro atoms. The first-order chi connectivity index (χ1) is 10.3. The van der Waals surface area contributed by atoms with Gasteiger partial charge in [0.2, 0.25) is 0 Å². The van der Waals surface area contributed by atoms with Crippen molar-refractivity contribution in [3.05, 3.63) is 29.0 Å². The van der Waals surface area contributed by atoms with Crippen molar-refractivity contribution in [2.24, 2.45) is 0 Å². The van der Waals surface area contributed by atoms with Crippen molar-refractivity contribution >= 4 is 17.7 Å². The Balaban J connectivity index is 1.83. The molecule has 1 aromatic rings. The van der Waals surface area contributed by atoms with E-state index in [1.165, 1.54) is 0 Å². The molecule has 2 heterocycles. The molecular formula is C16H24ClN3O2. The fourth-order valence-corrected chi connectivity index (χ4v) is 2.70. The molecule has 0 aromatic carbocycles. The molecule has 1 aromatic heterocycles. The normalized spacial score (nSPS) is 19.2. The number of amides is 1. The molecule has 1 atom stereocenters. The lowest BCUT2D eigenvalue weighted by Crippen LogP contribution is -2.41. The number of ether oxygens (including phenoxy) is 1. The van der Waals surface area contributed by atoms with Gasteiger partial charge in [-0.05, 0) is 51.8 Å². The predicted molar refractivity (Wildman–Crippen MR) is 86.9 cm³/mol. The monoisotopic (exact) mass is 325 g/mol. The molecule has 2 rings (SSSR count). The Morgan fingerprint density at radius 2 is 2.27 bits per heavy atom. The lowest BCUT2D eigenvalue weighted by atomic mass is 10.2. The number of halogens is 1. The SMILES string of the molecule is CC(C)(C)OC(=O)NCC1CCCN1Cc1ccc(Cl)nc1. The average Bonchev–Trinajstić information content (AvgIpc) is 2.84. The highest BCUT2D eigenvalue weighted by atomic mass is 35.5. The third kappa shape index (κ3) is 5.46. The minimum atomic E-state index is -0.464. The van der Waals surface area contributed by atoms with Crippen LogP contribution in [-0.4, -0.2) is 40.7 Å². The van der Waals surface area contributed by atoms with Crippen molar-refractivity contribution < 1.29 is 9.53 Å². The van der Waals surface area contributed by atoms with E-state index in [4.69, 9.17) is 16.3 Å². The number of nitrogens with one attached hydrogen (secondary N) is 1. The van der Waals surface area contributed by atoms with Gasteiger partial charge in [-0.2, -0.15) is 0 Å². The van der Waals surface area contributed by atoms with Gasteiger partial charge in [-0.1, -0.05) is 17.7 Å². The van der Waals surface area contributed by atoms with E-state index < -0.39 is 5.60 Å². The zero-order chi connectivity index (χ0) is 16.2. The number of aromatic nitrogens is 1. The van der Waals surface area contributed by atoms with Crippen LogP contribution in [0, 0.1) is 0 Å². The maximum Gasteiger partial charge on any atom is 0.407 e. The van der Waals surface area contributed by atoms with Gasteiger partial charge < -0.3 is 10.1 Å². The minimum absolute atomic E-state index is 0.336. The number of pyridine rings is 1. The van der Waals surface area contributed by atoms with Gasteiger partial charge in [0.15, 0.2) is 0 Å². The van der Waals surface area contributed by atoms with Gasteiger partial charge in [0, 0.05) is 25.3 Å². The highest BCUT2D eigenvalue weighted by Gasteiger charge is 2.25. The van der Waals surface area contributed by atoms with Crippen molar-refractivity contribution in [2.75, 3.05) is 13.1 Å². The first-order valence-electron chi connectivity index (χ1n) is 7.65. The van der Waals surface area contributed by atoms with E-state index in [0.29, 0.717) is 17.7 Å². The standard InChI is InChI=1S/C16H24ClN3O2/c1-16(2,3)22-15(21)19-10-13-5-4-8-20(13)11-12-6-7-14(17)18-9-12/h6-7,9,13H,4-5,8,10-11H2,1-3H3,(H,19,21). The number of hydrogen-bond donors (Lipinski definition) is 1. The van der Waals surface area contributed by atoms with Crippen LogP contribution in [0.25, 0.3) is 0 Å². The summed E-state index contributed by atoms with van der Waals surface area (Å²) in [6.07, 6.45) is 3.67. The van der Waals surface area contributed by atoms with Crippen molar-refractivity contribution in [3.8, 4) is 0 Å². The van der Waals surface area contributed by atoms with Gasteiger partial charge in [0.1, 0.15) is 10.8 Å². The van der Waals surface area contributed by atoms with Gasteiger partial charge in [-0.25, -0.2) is 9.78 Å². The molecule has 1 fully saturated rings. The Morgan fingerprint density at radius 3 is 2.91 bits per heavy atom. The second kappa shape index (κ2) is 7.29. The molecule has 1 aliphatic heterocycles. The number of carbonyl (C=O) groups excluding carboxylic acids is 1. The first kappa shape index (κ1) is 17.0. The van der Waals surface area contributed by atoms with Crippen LogP contribution in [-0.2, 0) is 11.3 Å². The van der Waals surface area contributed by atoms with E-state index in [2.05, 4.69) is 15.2 Å². The summed E-state index contributed by atoms with van der Waals surface area (Å²) in [5.41, 5.74) is 0.669. The molecule has 0 bridgehead atoms. The van der Waals surface area contributed by atoms with Crippen molar-refractivity contribution in [1.29, 1.82) is 0 Å².